The van der Waals surface area contributed by atoms with E-state index in [9.17, 15) is 26.3 Å². The van der Waals surface area contributed by atoms with Gasteiger partial charge in [0.15, 0.2) is 11.5 Å². The highest BCUT2D eigenvalue weighted by Gasteiger charge is 2.36. The predicted molar refractivity (Wildman–Crippen MR) is 116 cm³/mol. The molecule has 2 heterocycles. The Labute approximate surface area is 195 Å². The molecule has 5 nitrogen and oxygen atoms in total. The van der Waals surface area contributed by atoms with Crippen LogP contribution in [0.5, 0.6) is 0 Å². The summed E-state index contributed by atoms with van der Waals surface area (Å²) in [7, 11) is 0. The molecule has 0 aliphatic rings. The normalized spacial score (nSPS) is 12.3. The topological polar surface area (TPSA) is 48.2 Å². The molecule has 0 aliphatic carbocycles. The summed E-state index contributed by atoms with van der Waals surface area (Å²) >= 11 is 0. The fraction of sp³-hybridized carbons (Fsp3) is 0.292. The quantitative estimate of drug-likeness (QED) is 0.205. The molecule has 0 radical (unpaired) electrons. The Kier molecular flexibility index (Phi) is 6.32. The van der Waals surface area contributed by atoms with Crippen LogP contribution in [-0.2, 0) is 25.3 Å². The standard InChI is InChI=1S/C24H18F6N4O/c1-3-4-8-16-12-17-19(10-9-18(31-2)21(17)24(28,29)30)34(16)13-20-32-22(35-33-20)14-6-5-7-15(11-14)23(25,26)27/h5-7,9-12H,3-4,8,13H2,1H3. The number of rotatable bonds is 6. The Morgan fingerprint density at radius 1 is 1.03 bits per heavy atom. The summed E-state index contributed by atoms with van der Waals surface area (Å²) in [5, 5.41) is 3.74. The third-order valence-corrected chi connectivity index (χ3v) is 5.54. The molecular formula is C24H18F6N4O. The number of hydrogen-bond acceptors (Lipinski definition) is 3. The van der Waals surface area contributed by atoms with Gasteiger partial charge in [-0.2, -0.15) is 31.3 Å². The van der Waals surface area contributed by atoms with Gasteiger partial charge in [0.1, 0.15) is 0 Å². The van der Waals surface area contributed by atoms with Crippen LogP contribution in [0.3, 0.4) is 0 Å². The number of aromatic nitrogens is 3. The number of aryl methyl sites for hydroxylation is 1. The van der Waals surface area contributed by atoms with E-state index in [1.165, 1.54) is 24.3 Å². The predicted octanol–water partition coefficient (Wildman–Crippen LogP) is 7.67. The Bertz CT molecular complexity index is 1410. The minimum absolute atomic E-state index is 0.0559. The van der Waals surface area contributed by atoms with Gasteiger partial charge in [0.2, 0.25) is 0 Å². The van der Waals surface area contributed by atoms with Gasteiger partial charge in [0, 0.05) is 22.2 Å². The van der Waals surface area contributed by atoms with Crippen molar-refractivity contribution in [1.82, 2.24) is 14.7 Å². The Morgan fingerprint density at radius 3 is 2.46 bits per heavy atom. The first-order valence-corrected chi connectivity index (χ1v) is 10.6. The first-order chi connectivity index (χ1) is 16.5. The molecule has 0 aliphatic heterocycles. The molecule has 0 amide bonds. The molecule has 0 bridgehead atoms. The van der Waals surface area contributed by atoms with Gasteiger partial charge in [-0.15, -0.1) is 0 Å². The molecule has 4 aromatic rings. The molecule has 2 aromatic heterocycles. The monoisotopic (exact) mass is 492 g/mol. The second-order valence-corrected chi connectivity index (χ2v) is 7.92. The van der Waals surface area contributed by atoms with Crippen molar-refractivity contribution in [3.8, 4) is 11.5 Å². The lowest BCUT2D eigenvalue weighted by Crippen LogP contribution is -2.07. The zero-order valence-electron chi connectivity index (χ0n) is 18.3. The third-order valence-electron chi connectivity index (χ3n) is 5.54. The molecule has 0 atom stereocenters. The van der Waals surface area contributed by atoms with Crippen molar-refractivity contribution in [2.75, 3.05) is 0 Å². The molecule has 2 aromatic carbocycles. The maximum Gasteiger partial charge on any atom is 0.416 e. The van der Waals surface area contributed by atoms with Gasteiger partial charge < -0.3 is 9.09 Å². The summed E-state index contributed by atoms with van der Waals surface area (Å²) in [5.74, 6) is -0.0422. The average molecular weight is 492 g/mol. The van der Waals surface area contributed by atoms with E-state index < -0.39 is 29.2 Å². The number of fused-ring (bicyclic) bond motifs is 1. The molecular weight excluding hydrogens is 474 g/mol. The molecule has 0 unspecified atom stereocenters. The van der Waals surface area contributed by atoms with Crippen LogP contribution in [0, 0.1) is 6.57 Å². The number of hydrogen-bond donors (Lipinski definition) is 0. The number of benzene rings is 2. The van der Waals surface area contributed by atoms with E-state index in [1.54, 1.807) is 4.57 Å². The Hall–Kier alpha value is -3.81. The molecule has 0 N–H and O–H groups in total. The van der Waals surface area contributed by atoms with Crippen LogP contribution < -0.4 is 0 Å². The van der Waals surface area contributed by atoms with E-state index in [0.717, 1.165) is 31.0 Å². The van der Waals surface area contributed by atoms with E-state index in [1.807, 2.05) is 6.92 Å². The molecule has 0 spiro atoms. The third kappa shape index (κ3) is 4.87. The van der Waals surface area contributed by atoms with Crippen LogP contribution >= 0.6 is 0 Å². The lowest BCUT2D eigenvalue weighted by molar-refractivity contribution is -0.137. The first-order valence-electron chi connectivity index (χ1n) is 10.6. The van der Waals surface area contributed by atoms with Gasteiger partial charge in [-0.1, -0.05) is 30.6 Å². The molecule has 0 saturated heterocycles. The molecule has 11 heteroatoms. The van der Waals surface area contributed by atoms with E-state index in [-0.39, 0.29) is 34.7 Å². The van der Waals surface area contributed by atoms with E-state index >= 15 is 0 Å². The number of unbranched alkanes of at least 4 members (excludes halogenated alkanes) is 1. The Balaban J connectivity index is 1.77. The maximum absolute atomic E-state index is 13.8. The zero-order valence-corrected chi connectivity index (χ0v) is 18.3. The zero-order chi connectivity index (χ0) is 25.4. The van der Waals surface area contributed by atoms with Crippen LogP contribution in [0.2, 0.25) is 0 Å². The minimum atomic E-state index is -4.73. The van der Waals surface area contributed by atoms with Crippen molar-refractivity contribution in [1.29, 1.82) is 0 Å². The van der Waals surface area contributed by atoms with Crippen molar-refractivity contribution in [3.05, 3.63) is 76.5 Å². The second kappa shape index (κ2) is 9.09. The van der Waals surface area contributed by atoms with E-state index in [0.29, 0.717) is 12.1 Å². The van der Waals surface area contributed by atoms with Crippen molar-refractivity contribution >= 4 is 16.6 Å². The summed E-state index contributed by atoms with van der Waals surface area (Å²) in [5.41, 5.74) is -1.44. The van der Waals surface area contributed by atoms with Crippen LogP contribution in [0.4, 0.5) is 32.0 Å². The number of nitrogens with zero attached hydrogens (tertiary/aromatic N) is 4. The van der Waals surface area contributed by atoms with Gasteiger partial charge in [0.05, 0.1) is 24.2 Å². The van der Waals surface area contributed by atoms with Gasteiger partial charge >= 0.3 is 12.4 Å². The average Bonchev–Trinajstić information content (AvgIpc) is 3.41. The summed E-state index contributed by atoms with van der Waals surface area (Å²) in [6.07, 6.45) is -7.26. The fourth-order valence-corrected chi connectivity index (χ4v) is 3.93. The molecule has 4 rings (SSSR count). The smallest absolute Gasteiger partial charge is 0.337 e. The van der Waals surface area contributed by atoms with Crippen molar-refractivity contribution < 1.29 is 30.9 Å². The van der Waals surface area contributed by atoms with Crippen molar-refractivity contribution in [3.63, 3.8) is 0 Å². The second-order valence-electron chi connectivity index (χ2n) is 7.92. The molecule has 0 fully saturated rings. The lowest BCUT2D eigenvalue weighted by Gasteiger charge is -2.12. The van der Waals surface area contributed by atoms with Crippen LogP contribution in [0.15, 0.2) is 47.0 Å². The summed E-state index contributed by atoms with van der Waals surface area (Å²) in [6, 6.07) is 8.42. The van der Waals surface area contributed by atoms with Gasteiger partial charge in [-0.05, 0) is 43.2 Å². The Morgan fingerprint density at radius 2 is 1.80 bits per heavy atom. The van der Waals surface area contributed by atoms with Gasteiger partial charge in [-0.25, -0.2) is 4.85 Å². The SMILES string of the molecule is [C-]#[N+]c1ccc2c(cc(CCCC)n2Cc2noc(-c3cccc(C(F)(F)F)c3)n2)c1C(F)(F)F. The number of halogens is 6. The van der Waals surface area contributed by atoms with Crippen LogP contribution in [0.25, 0.3) is 27.2 Å². The van der Waals surface area contributed by atoms with Crippen molar-refractivity contribution in [2.24, 2.45) is 0 Å². The molecule has 35 heavy (non-hydrogen) atoms. The summed E-state index contributed by atoms with van der Waals surface area (Å²) < 4.78 is 87.3. The minimum Gasteiger partial charge on any atom is -0.337 e. The lowest BCUT2D eigenvalue weighted by atomic mass is 10.1. The highest BCUT2D eigenvalue weighted by Crippen LogP contribution is 2.42. The molecule has 0 saturated carbocycles. The maximum atomic E-state index is 13.8. The van der Waals surface area contributed by atoms with Gasteiger partial charge in [0.25, 0.3) is 5.89 Å². The molecule has 182 valence electrons. The van der Waals surface area contributed by atoms with E-state index in [2.05, 4.69) is 15.0 Å². The summed E-state index contributed by atoms with van der Waals surface area (Å²) in [6.45, 7) is 9.04. The van der Waals surface area contributed by atoms with Crippen LogP contribution in [-0.4, -0.2) is 14.7 Å². The van der Waals surface area contributed by atoms with Crippen LogP contribution in [0.1, 0.15) is 42.4 Å². The summed E-state index contributed by atoms with van der Waals surface area (Å²) in [4.78, 5) is 7.21. The largest absolute Gasteiger partial charge is 0.416 e. The number of alkyl halides is 6. The van der Waals surface area contributed by atoms with Crippen molar-refractivity contribution in [2.45, 2.75) is 45.1 Å². The first kappa shape index (κ1) is 24.3. The van der Waals surface area contributed by atoms with E-state index in [4.69, 9.17) is 11.1 Å². The highest BCUT2D eigenvalue weighted by atomic mass is 19.4. The van der Waals surface area contributed by atoms with Gasteiger partial charge in [-0.3, -0.25) is 0 Å². The highest BCUT2D eigenvalue weighted by molar-refractivity contribution is 5.90. The fourth-order valence-electron chi connectivity index (χ4n) is 3.93.